The van der Waals surface area contributed by atoms with Crippen molar-refractivity contribution in [3.8, 4) is 0 Å². The van der Waals surface area contributed by atoms with Crippen LogP contribution in [0.1, 0.15) is 78.1 Å². The molecule has 4 aliphatic carbocycles. The van der Waals surface area contributed by atoms with Gasteiger partial charge in [0, 0.05) is 38.2 Å². The molecule has 0 aromatic rings. The van der Waals surface area contributed by atoms with Gasteiger partial charge in [-0.1, -0.05) is 5.57 Å². The van der Waals surface area contributed by atoms with Crippen LogP contribution in [0.25, 0.3) is 0 Å². The first kappa shape index (κ1) is 24.1. The number of ether oxygens (including phenoxy) is 1. The minimum absolute atomic E-state index is 0.0131. The second-order valence-corrected chi connectivity index (χ2v) is 10.9. The minimum atomic E-state index is -0.273. The smallest absolute Gasteiger partial charge is 0.409 e. The standard InChI is InChI=1S/C26H41N3O4/c1-3-33-25(32)29-9-6-22(7-10-29)28-23(30)5-4-8-27-24(31)11-18(2)26-15-19-12-20(16-26)14-21(13-19)17-26/h11,19-22H,3-10,12-17H2,1-2H3,(H,27,31)(H,28,30)/b18-11+. The molecule has 0 spiro atoms. The summed E-state index contributed by atoms with van der Waals surface area (Å²) < 4.78 is 5.03. The maximum Gasteiger partial charge on any atom is 0.409 e. The molecule has 4 bridgehead atoms. The van der Waals surface area contributed by atoms with Crippen molar-refractivity contribution in [1.82, 2.24) is 15.5 Å². The molecule has 5 aliphatic rings. The third-order valence-corrected chi connectivity index (χ3v) is 8.49. The van der Waals surface area contributed by atoms with E-state index in [1.807, 2.05) is 6.08 Å². The Balaban J connectivity index is 1.12. The average Bonchev–Trinajstić information content (AvgIpc) is 2.76. The molecular weight excluding hydrogens is 418 g/mol. The molecule has 1 aliphatic heterocycles. The van der Waals surface area contributed by atoms with E-state index in [1.54, 1.807) is 11.8 Å². The van der Waals surface area contributed by atoms with Gasteiger partial charge in [-0.3, -0.25) is 9.59 Å². The Morgan fingerprint density at radius 1 is 1.03 bits per heavy atom. The van der Waals surface area contributed by atoms with Gasteiger partial charge in [0.1, 0.15) is 0 Å². The summed E-state index contributed by atoms with van der Waals surface area (Å²) in [5.41, 5.74) is 1.54. The zero-order chi connectivity index (χ0) is 23.4. The van der Waals surface area contributed by atoms with Crippen LogP contribution in [-0.4, -0.2) is 55.1 Å². The van der Waals surface area contributed by atoms with E-state index in [9.17, 15) is 14.4 Å². The first-order valence-corrected chi connectivity index (χ1v) is 13.0. The number of hydrogen-bond donors (Lipinski definition) is 2. The molecule has 0 unspecified atom stereocenters. The number of amides is 3. The molecule has 0 aromatic carbocycles. The molecule has 5 rings (SSSR count). The van der Waals surface area contributed by atoms with Crippen LogP contribution >= 0.6 is 0 Å². The van der Waals surface area contributed by atoms with Crippen molar-refractivity contribution in [2.75, 3.05) is 26.2 Å². The zero-order valence-electron chi connectivity index (χ0n) is 20.4. The summed E-state index contributed by atoms with van der Waals surface area (Å²) >= 11 is 0. The summed E-state index contributed by atoms with van der Waals surface area (Å²) in [7, 11) is 0. The topological polar surface area (TPSA) is 87.7 Å². The lowest BCUT2D eigenvalue weighted by atomic mass is 9.48. The van der Waals surface area contributed by atoms with Crippen molar-refractivity contribution in [2.45, 2.75) is 84.1 Å². The van der Waals surface area contributed by atoms with Gasteiger partial charge >= 0.3 is 6.09 Å². The van der Waals surface area contributed by atoms with E-state index in [4.69, 9.17) is 4.74 Å². The lowest BCUT2D eigenvalue weighted by molar-refractivity contribution is -0.122. The second kappa shape index (κ2) is 10.5. The van der Waals surface area contributed by atoms with Crippen LogP contribution in [0.5, 0.6) is 0 Å². The molecular formula is C26H41N3O4. The summed E-state index contributed by atoms with van der Waals surface area (Å²) in [4.78, 5) is 38.2. The molecule has 7 heteroatoms. The number of piperidine rings is 1. The van der Waals surface area contributed by atoms with E-state index < -0.39 is 0 Å². The molecule has 3 amide bonds. The highest BCUT2D eigenvalue weighted by Gasteiger charge is 2.51. The van der Waals surface area contributed by atoms with Crippen molar-refractivity contribution in [3.05, 3.63) is 11.6 Å². The summed E-state index contributed by atoms with van der Waals surface area (Å²) in [6.45, 7) is 6.06. The van der Waals surface area contributed by atoms with Gasteiger partial charge in [-0.15, -0.1) is 0 Å². The van der Waals surface area contributed by atoms with Crippen molar-refractivity contribution < 1.29 is 19.1 Å². The van der Waals surface area contributed by atoms with Crippen LogP contribution in [0.4, 0.5) is 4.79 Å². The third-order valence-electron chi connectivity index (χ3n) is 8.49. The number of carbonyl (C=O) groups is 3. The van der Waals surface area contributed by atoms with Crippen molar-refractivity contribution >= 4 is 17.9 Å². The Morgan fingerprint density at radius 3 is 2.21 bits per heavy atom. The quantitative estimate of drug-likeness (QED) is 0.427. The number of nitrogens with zero attached hydrogens (tertiary/aromatic N) is 1. The molecule has 5 fully saturated rings. The van der Waals surface area contributed by atoms with Crippen LogP contribution in [0.3, 0.4) is 0 Å². The third kappa shape index (κ3) is 5.90. The fourth-order valence-electron chi connectivity index (χ4n) is 7.18. The summed E-state index contributed by atoms with van der Waals surface area (Å²) in [5.74, 6) is 2.62. The number of allylic oxidation sites excluding steroid dienone is 1. The molecule has 33 heavy (non-hydrogen) atoms. The zero-order valence-corrected chi connectivity index (χ0v) is 20.4. The normalized spacial score (nSPS) is 31.4. The number of hydrogen-bond acceptors (Lipinski definition) is 4. The maximum atomic E-state index is 12.5. The molecule has 0 atom stereocenters. The van der Waals surface area contributed by atoms with Crippen LogP contribution in [0, 0.1) is 23.2 Å². The van der Waals surface area contributed by atoms with E-state index in [1.165, 1.54) is 44.1 Å². The predicted molar refractivity (Wildman–Crippen MR) is 126 cm³/mol. The van der Waals surface area contributed by atoms with Gasteiger partial charge in [0.25, 0.3) is 0 Å². The average molecular weight is 460 g/mol. The maximum absolute atomic E-state index is 12.5. The Bertz CT molecular complexity index is 734. The largest absolute Gasteiger partial charge is 0.450 e. The van der Waals surface area contributed by atoms with Gasteiger partial charge in [0.2, 0.25) is 11.8 Å². The predicted octanol–water partition coefficient (Wildman–Crippen LogP) is 3.78. The summed E-state index contributed by atoms with van der Waals surface area (Å²) in [5, 5.41) is 6.04. The highest BCUT2D eigenvalue weighted by molar-refractivity contribution is 5.88. The van der Waals surface area contributed by atoms with Gasteiger partial charge < -0.3 is 20.3 Å². The Kier molecular flexibility index (Phi) is 7.65. The Labute approximate surface area is 198 Å². The van der Waals surface area contributed by atoms with Crippen LogP contribution in [0.15, 0.2) is 11.6 Å². The molecule has 2 N–H and O–H groups in total. The monoisotopic (exact) mass is 459 g/mol. The lowest BCUT2D eigenvalue weighted by Gasteiger charge is -2.57. The molecule has 7 nitrogen and oxygen atoms in total. The molecule has 1 heterocycles. The van der Waals surface area contributed by atoms with E-state index in [0.717, 1.165) is 30.6 Å². The van der Waals surface area contributed by atoms with Crippen LogP contribution in [0.2, 0.25) is 0 Å². The van der Waals surface area contributed by atoms with E-state index in [2.05, 4.69) is 17.6 Å². The van der Waals surface area contributed by atoms with Crippen molar-refractivity contribution in [3.63, 3.8) is 0 Å². The highest BCUT2D eigenvalue weighted by atomic mass is 16.6. The number of rotatable bonds is 8. The van der Waals surface area contributed by atoms with Gasteiger partial charge in [-0.2, -0.15) is 0 Å². The fourth-order valence-corrected chi connectivity index (χ4v) is 7.18. The Morgan fingerprint density at radius 2 is 1.64 bits per heavy atom. The van der Waals surface area contributed by atoms with E-state index >= 15 is 0 Å². The van der Waals surface area contributed by atoms with Gasteiger partial charge in [0.15, 0.2) is 0 Å². The highest BCUT2D eigenvalue weighted by Crippen LogP contribution is 2.62. The fraction of sp³-hybridized carbons (Fsp3) is 0.808. The summed E-state index contributed by atoms with van der Waals surface area (Å²) in [6.07, 6.45) is 12.1. The number of nitrogens with one attached hydrogen (secondary N) is 2. The van der Waals surface area contributed by atoms with Crippen molar-refractivity contribution in [2.24, 2.45) is 23.2 Å². The van der Waals surface area contributed by atoms with Gasteiger partial charge in [-0.25, -0.2) is 4.79 Å². The SMILES string of the molecule is CCOC(=O)N1CCC(NC(=O)CCCNC(=O)/C=C(\C)C23CC4CC(CC(C4)C2)C3)CC1. The van der Waals surface area contributed by atoms with Crippen LogP contribution in [-0.2, 0) is 14.3 Å². The van der Waals surface area contributed by atoms with Gasteiger partial charge in [0.05, 0.1) is 6.61 Å². The first-order chi connectivity index (χ1) is 15.9. The number of likely N-dealkylation sites (tertiary alicyclic amines) is 1. The van der Waals surface area contributed by atoms with Crippen molar-refractivity contribution in [1.29, 1.82) is 0 Å². The lowest BCUT2D eigenvalue weighted by Crippen LogP contribution is -2.46. The number of carbonyl (C=O) groups excluding carboxylic acids is 3. The van der Waals surface area contributed by atoms with Gasteiger partial charge in [-0.05, 0) is 94.8 Å². The second-order valence-electron chi connectivity index (χ2n) is 10.9. The molecule has 0 aromatic heterocycles. The minimum Gasteiger partial charge on any atom is -0.450 e. The van der Waals surface area contributed by atoms with Crippen LogP contribution < -0.4 is 10.6 Å². The first-order valence-electron chi connectivity index (χ1n) is 13.0. The summed E-state index contributed by atoms with van der Waals surface area (Å²) in [6, 6.07) is 0.101. The van der Waals surface area contributed by atoms with E-state index in [-0.39, 0.29) is 29.4 Å². The molecule has 184 valence electrons. The molecule has 4 saturated carbocycles. The van der Waals surface area contributed by atoms with E-state index in [0.29, 0.717) is 39.1 Å². The Hall–Kier alpha value is -2.05. The molecule has 1 saturated heterocycles. The molecule has 0 radical (unpaired) electrons.